The topological polar surface area (TPSA) is 61.6 Å². The number of ether oxygens (including phenoxy) is 2. The number of nitro benzene ring substituents is 1. The van der Waals surface area contributed by atoms with Gasteiger partial charge in [0.1, 0.15) is 15.8 Å². The molecule has 126 valence electrons. The monoisotopic (exact) mass is 367 g/mol. The highest BCUT2D eigenvalue weighted by Crippen LogP contribution is 2.53. The molecule has 1 saturated carbocycles. The number of non-ortho nitro benzene ring substituents is 1. The van der Waals surface area contributed by atoms with Crippen molar-refractivity contribution in [1.82, 2.24) is 0 Å². The van der Waals surface area contributed by atoms with Crippen molar-refractivity contribution in [2.75, 3.05) is 13.7 Å². The third kappa shape index (κ3) is 3.57. The molecule has 0 heterocycles. The van der Waals surface area contributed by atoms with Gasteiger partial charge in [-0.25, -0.2) is 0 Å². The second-order valence-electron chi connectivity index (χ2n) is 5.64. The molecule has 2 aromatic carbocycles. The summed E-state index contributed by atoms with van der Waals surface area (Å²) >= 11 is 12.0. The van der Waals surface area contributed by atoms with Gasteiger partial charge in [0.15, 0.2) is 0 Å². The Kier molecular flexibility index (Phi) is 4.56. The van der Waals surface area contributed by atoms with Crippen LogP contribution in [0.5, 0.6) is 11.5 Å². The van der Waals surface area contributed by atoms with Crippen molar-refractivity contribution < 1.29 is 14.4 Å². The van der Waals surface area contributed by atoms with Crippen molar-refractivity contribution in [3.8, 4) is 22.6 Å². The van der Waals surface area contributed by atoms with Crippen molar-refractivity contribution >= 4 is 28.9 Å². The molecular weight excluding hydrogens is 353 g/mol. The lowest BCUT2D eigenvalue weighted by molar-refractivity contribution is -0.384. The van der Waals surface area contributed by atoms with E-state index in [1.54, 1.807) is 25.3 Å². The molecule has 0 saturated heterocycles. The fraction of sp³-hybridized carbons (Fsp3) is 0.294. The molecule has 1 aliphatic rings. The Morgan fingerprint density at radius 2 is 1.92 bits per heavy atom. The zero-order valence-electron chi connectivity index (χ0n) is 12.9. The van der Waals surface area contributed by atoms with E-state index in [0.29, 0.717) is 30.1 Å². The summed E-state index contributed by atoms with van der Waals surface area (Å²) in [4.78, 5) is 10.6. The van der Waals surface area contributed by atoms with E-state index in [0.717, 1.165) is 5.56 Å². The predicted molar refractivity (Wildman–Crippen MR) is 93.1 cm³/mol. The minimum atomic E-state index is -0.721. The van der Waals surface area contributed by atoms with Crippen LogP contribution in [-0.4, -0.2) is 23.0 Å². The molecule has 0 radical (unpaired) electrons. The maximum Gasteiger partial charge on any atom is 0.270 e. The van der Waals surface area contributed by atoms with Gasteiger partial charge in [0.05, 0.1) is 18.6 Å². The van der Waals surface area contributed by atoms with Gasteiger partial charge in [-0.2, -0.15) is 0 Å². The van der Waals surface area contributed by atoms with Crippen molar-refractivity contribution in [1.29, 1.82) is 0 Å². The van der Waals surface area contributed by atoms with Gasteiger partial charge in [0.2, 0.25) is 0 Å². The van der Waals surface area contributed by atoms with Crippen molar-refractivity contribution in [2.24, 2.45) is 5.92 Å². The first-order valence-electron chi connectivity index (χ1n) is 7.34. The van der Waals surface area contributed by atoms with Gasteiger partial charge in [0.25, 0.3) is 5.69 Å². The molecule has 5 nitrogen and oxygen atoms in total. The second-order valence-corrected chi connectivity index (χ2v) is 7.18. The SMILES string of the molecule is COc1ccc(-c2cc([N+](=O)[O-])ccc2OCC2CC2(Cl)Cl)cc1. The Hall–Kier alpha value is -1.98. The van der Waals surface area contributed by atoms with Crippen LogP contribution in [0.1, 0.15) is 6.42 Å². The van der Waals surface area contributed by atoms with E-state index >= 15 is 0 Å². The largest absolute Gasteiger partial charge is 0.497 e. The van der Waals surface area contributed by atoms with Crippen LogP contribution in [0.3, 0.4) is 0 Å². The summed E-state index contributed by atoms with van der Waals surface area (Å²) in [6, 6.07) is 11.8. The summed E-state index contributed by atoms with van der Waals surface area (Å²) in [5.41, 5.74) is 1.44. The highest BCUT2D eigenvalue weighted by atomic mass is 35.5. The van der Waals surface area contributed by atoms with E-state index in [2.05, 4.69) is 0 Å². The van der Waals surface area contributed by atoms with Crippen LogP contribution in [0, 0.1) is 16.0 Å². The first kappa shape index (κ1) is 16.9. The van der Waals surface area contributed by atoms with Crippen molar-refractivity contribution in [3.05, 3.63) is 52.6 Å². The molecule has 7 heteroatoms. The van der Waals surface area contributed by atoms with Gasteiger partial charge in [-0.1, -0.05) is 12.1 Å². The average molecular weight is 368 g/mol. The number of rotatable bonds is 6. The van der Waals surface area contributed by atoms with Gasteiger partial charge in [-0.05, 0) is 30.2 Å². The minimum Gasteiger partial charge on any atom is -0.497 e. The number of nitrogens with zero attached hydrogens (tertiary/aromatic N) is 1. The van der Waals surface area contributed by atoms with Gasteiger partial charge in [0, 0.05) is 23.6 Å². The zero-order valence-corrected chi connectivity index (χ0v) is 14.4. The maximum absolute atomic E-state index is 11.1. The molecule has 0 aliphatic heterocycles. The van der Waals surface area contributed by atoms with E-state index in [1.807, 2.05) is 12.1 Å². The fourth-order valence-corrected chi connectivity index (χ4v) is 2.89. The molecule has 3 rings (SSSR count). The number of methoxy groups -OCH3 is 1. The molecule has 1 fully saturated rings. The zero-order chi connectivity index (χ0) is 17.3. The Morgan fingerprint density at radius 1 is 1.25 bits per heavy atom. The molecular formula is C17H15Cl2NO4. The lowest BCUT2D eigenvalue weighted by Crippen LogP contribution is -2.05. The normalized spacial score (nSPS) is 18.0. The van der Waals surface area contributed by atoms with Gasteiger partial charge in [-0.15, -0.1) is 23.2 Å². The molecule has 2 aromatic rings. The number of hydrogen-bond donors (Lipinski definition) is 0. The van der Waals surface area contributed by atoms with Crippen LogP contribution in [0.2, 0.25) is 0 Å². The van der Waals surface area contributed by atoms with E-state index < -0.39 is 9.26 Å². The molecule has 0 N–H and O–H groups in total. The van der Waals surface area contributed by atoms with Crippen LogP contribution >= 0.6 is 23.2 Å². The quantitative estimate of drug-likeness (QED) is 0.416. The van der Waals surface area contributed by atoms with Crippen LogP contribution in [0.4, 0.5) is 5.69 Å². The van der Waals surface area contributed by atoms with Crippen LogP contribution in [0.15, 0.2) is 42.5 Å². The lowest BCUT2D eigenvalue weighted by Gasteiger charge is -2.12. The van der Waals surface area contributed by atoms with Crippen LogP contribution < -0.4 is 9.47 Å². The van der Waals surface area contributed by atoms with Gasteiger partial charge < -0.3 is 9.47 Å². The Labute approximate surface area is 149 Å². The standard InChI is InChI=1S/C17H15Cl2NO4/c1-23-14-5-2-11(3-6-14)15-8-13(20(21)22)4-7-16(15)24-10-12-9-17(12,18)19/h2-8,12H,9-10H2,1H3. The van der Waals surface area contributed by atoms with Crippen LogP contribution in [-0.2, 0) is 0 Å². The predicted octanol–water partition coefficient (Wildman–Crippen LogP) is 4.84. The summed E-state index contributed by atoms with van der Waals surface area (Å²) in [5, 5.41) is 11.1. The third-order valence-electron chi connectivity index (χ3n) is 3.97. The Balaban J connectivity index is 1.90. The van der Waals surface area contributed by atoms with E-state index in [9.17, 15) is 10.1 Å². The maximum atomic E-state index is 11.1. The third-order valence-corrected chi connectivity index (χ3v) is 4.90. The lowest BCUT2D eigenvalue weighted by atomic mass is 10.0. The summed E-state index contributed by atoms with van der Waals surface area (Å²) in [7, 11) is 1.58. The van der Waals surface area contributed by atoms with Crippen molar-refractivity contribution in [3.63, 3.8) is 0 Å². The summed E-state index contributed by atoms with van der Waals surface area (Å²) < 4.78 is 10.2. The molecule has 0 aromatic heterocycles. The van der Waals surface area contributed by atoms with Crippen LogP contribution in [0.25, 0.3) is 11.1 Å². The van der Waals surface area contributed by atoms with Gasteiger partial charge >= 0.3 is 0 Å². The average Bonchev–Trinajstić information content (AvgIpc) is 3.19. The highest BCUT2D eigenvalue weighted by molar-refractivity contribution is 6.50. The fourth-order valence-electron chi connectivity index (χ4n) is 2.39. The Morgan fingerprint density at radius 3 is 2.46 bits per heavy atom. The molecule has 1 aliphatic carbocycles. The molecule has 0 amide bonds. The highest BCUT2D eigenvalue weighted by Gasteiger charge is 2.52. The first-order valence-corrected chi connectivity index (χ1v) is 8.10. The number of alkyl halides is 2. The number of halogens is 2. The number of hydrogen-bond acceptors (Lipinski definition) is 4. The smallest absolute Gasteiger partial charge is 0.270 e. The van der Waals surface area contributed by atoms with E-state index in [1.165, 1.54) is 12.1 Å². The van der Waals surface area contributed by atoms with Crippen molar-refractivity contribution in [2.45, 2.75) is 10.8 Å². The molecule has 0 spiro atoms. The van der Waals surface area contributed by atoms with E-state index in [4.69, 9.17) is 32.7 Å². The molecule has 1 unspecified atom stereocenters. The number of nitro groups is 1. The summed E-state index contributed by atoms with van der Waals surface area (Å²) in [6.07, 6.45) is 0.682. The summed E-state index contributed by atoms with van der Waals surface area (Å²) in [6.45, 7) is 0.369. The summed E-state index contributed by atoms with van der Waals surface area (Å²) in [5.74, 6) is 1.33. The Bertz CT molecular complexity index is 762. The minimum absolute atomic E-state index is 0.00336. The molecule has 0 bridgehead atoms. The van der Waals surface area contributed by atoms with Gasteiger partial charge in [-0.3, -0.25) is 10.1 Å². The number of benzene rings is 2. The van der Waals surface area contributed by atoms with E-state index in [-0.39, 0.29) is 11.6 Å². The molecule has 24 heavy (non-hydrogen) atoms. The first-order chi connectivity index (χ1) is 11.4. The second kappa shape index (κ2) is 6.49. The molecule has 1 atom stereocenters.